The van der Waals surface area contributed by atoms with Crippen molar-refractivity contribution in [3.8, 4) is 0 Å². The Labute approximate surface area is 111 Å². The first-order valence-electron chi connectivity index (χ1n) is 6.02. The lowest BCUT2D eigenvalue weighted by molar-refractivity contribution is 0.1000. The first-order valence-corrected chi connectivity index (χ1v) is 7.46. The quantitative estimate of drug-likeness (QED) is 0.903. The van der Waals surface area contributed by atoms with E-state index in [-0.39, 0.29) is 5.56 Å². The summed E-state index contributed by atoms with van der Waals surface area (Å²) in [6, 6.07) is 3.13. The molecule has 1 aliphatic rings. The summed E-state index contributed by atoms with van der Waals surface area (Å²) in [5, 5.41) is 0. The predicted octanol–water partition coefficient (Wildman–Crippen LogP) is 1.10. The fraction of sp³-hybridized carbons (Fsp3) is 0.417. The monoisotopic (exact) mass is 286 g/mol. The summed E-state index contributed by atoms with van der Waals surface area (Å²) in [6.45, 7) is 0.755. The molecular formula is C12H15FN2O3S. The zero-order valence-corrected chi connectivity index (χ0v) is 11.1. The third kappa shape index (κ3) is 2.76. The van der Waals surface area contributed by atoms with Crippen molar-refractivity contribution in [2.24, 2.45) is 5.73 Å². The van der Waals surface area contributed by atoms with Gasteiger partial charge in [0.2, 0.25) is 15.9 Å². The molecule has 0 bridgehead atoms. The zero-order chi connectivity index (χ0) is 14.0. The number of carbonyl (C=O) groups excluding carboxylic acids is 1. The maximum Gasteiger partial charge on any atom is 0.248 e. The molecule has 19 heavy (non-hydrogen) atoms. The lowest BCUT2D eigenvalue weighted by Crippen LogP contribution is -2.36. The highest BCUT2D eigenvalue weighted by atomic mass is 32.2. The number of sulfonamides is 1. The molecule has 1 aliphatic heterocycles. The van der Waals surface area contributed by atoms with Crippen LogP contribution in [0.1, 0.15) is 29.6 Å². The molecule has 1 amide bonds. The van der Waals surface area contributed by atoms with E-state index >= 15 is 0 Å². The van der Waals surface area contributed by atoms with Gasteiger partial charge in [-0.1, -0.05) is 6.42 Å². The second-order valence-corrected chi connectivity index (χ2v) is 6.38. The molecule has 2 rings (SSSR count). The molecule has 7 heteroatoms. The molecule has 0 radical (unpaired) electrons. The zero-order valence-electron chi connectivity index (χ0n) is 10.3. The van der Waals surface area contributed by atoms with Crippen LogP contribution in [0.5, 0.6) is 0 Å². The van der Waals surface area contributed by atoms with Gasteiger partial charge in [-0.3, -0.25) is 4.79 Å². The highest BCUT2D eigenvalue weighted by Gasteiger charge is 2.29. The Hall–Kier alpha value is -1.47. The van der Waals surface area contributed by atoms with Gasteiger partial charge < -0.3 is 5.73 Å². The molecule has 1 heterocycles. The van der Waals surface area contributed by atoms with Gasteiger partial charge in [0.05, 0.1) is 0 Å². The Kier molecular flexibility index (Phi) is 3.86. The average Bonchev–Trinajstić information content (AvgIpc) is 2.39. The molecule has 1 saturated heterocycles. The van der Waals surface area contributed by atoms with Crippen molar-refractivity contribution in [2.75, 3.05) is 13.1 Å². The van der Waals surface area contributed by atoms with Gasteiger partial charge in [-0.05, 0) is 31.0 Å². The van der Waals surface area contributed by atoms with Crippen molar-refractivity contribution in [3.63, 3.8) is 0 Å². The van der Waals surface area contributed by atoms with Gasteiger partial charge in [0, 0.05) is 18.7 Å². The van der Waals surface area contributed by atoms with Crippen LogP contribution < -0.4 is 5.73 Å². The van der Waals surface area contributed by atoms with Gasteiger partial charge in [0.1, 0.15) is 10.7 Å². The van der Waals surface area contributed by atoms with Gasteiger partial charge >= 0.3 is 0 Å². The molecule has 0 atom stereocenters. The number of piperidine rings is 1. The fourth-order valence-corrected chi connectivity index (χ4v) is 3.71. The van der Waals surface area contributed by atoms with E-state index in [0.717, 1.165) is 31.4 Å². The molecule has 0 aromatic heterocycles. The first kappa shape index (κ1) is 14.0. The smallest absolute Gasteiger partial charge is 0.248 e. The van der Waals surface area contributed by atoms with Crippen LogP contribution in [0, 0.1) is 5.82 Å². The highest BCUT2D eigenvalue weighted by Crippen LogP contribution is 2.23. The summed E-state index contributed by atoms with van der Waals surface area (Å²) in [6.07, 6.45) is 2.49. The van der Waals surface area contributed by atoms with Crippen LogP contribution in [-0.4, -0.2) is 31.7 Å². The van der Waals surface area contributed by atoms with E-state index in [1.165, 1.54) is 10.4 Å². The van der Waals surface area contributed by atoms with Crippen molar-refractivity contribution in [1.82, 2.24) is 4.31 Å². The number of carbonyl (C=O) groups is 1. The predicted molar refractivity (Wildman–Crippen MR) is 67.5 cm³/mol. The van der Waals surface area contributed by atoms with Gasteiger partial charge in [0.25, 0.3) is 0 Å². The van der Waals surface area contributed by atoms with Crippen LogP contribution >= 0.6 is 0 Å². The van der Waals surface area contributed by atoms with E-state index < -0.39 is 26.6 Å². The molecule has 0 unspecified atom stereocenters. The number of halogens is 1. The molecule has 2 N–H and O–H groups in total. The van der Waals surface area contributed by atoms with E-state index in [9.17, 15) is 17.6 Å². The van der Waals surface area contributed by atoms with Crippen molar-refractivity contribution in [1.29, 1.82) is 0 Å². The van der Waals surface area contributed by atoms with E-state index in [1.807, 2.05) is 0 Å². The summed E-state index contributed by atoms with van der Waals surface area (Å²) in [5.74, 6) is -1.65. The van der Waals surface area contributed by atoms with E-state index in [4.69, 9.17) is 5.73 Å². The molecule has 1 aromatic carbocycles. The maximum absolute atomic E-state index is 13.7. The van der Waals surface area contributed by atoms with Crippen LogP contribution in [0.25, 0.3) is 0 Å². The van der Waals surface area contributed by atoms with Crippen molar-refractivity contribution < 1.29 is 17.6 Å². The Balaban J connectivity index is 2.44. The first-order chi connectivity index (χ1) is 8.93. The van der Waals surface area contributed by atoms with Crippen molar-refractivity contribution in [2.45, 2.75) is 24.2 Å². The minimum absolute atomic E-state index is 0.0167. The Morgan fingerprint density at radius 3 is 2.42 bits per heavy atom. The number of amides is 1. The molecule has 0 saturated carbocycles. The summed E-state index contributed by atoms with van der Waals surface area (Å²) >= 11 is 0. The number of primary amides is 1. The third-order valence-electron chi connectivity index (χ3n) is 3.15. The molecule has 0 spiro atoms. The molecule has 1 aromatic rings. The van der Waals surface area contributed by atoms with Gasteiger partial charge in [-0.2, -0.15) is 4.31 Å². The Morgan fingerprint density at radius 2 is 1.84 bits per heavy atom. The van der Waals surface area contributed by atoms with Crippen LogP contribution in [-0.2, 0) is 10.0 Å². The minimum Gasteiger partial charge on any atom is -0.366 e. The van der Waals surface area contributed by atoms with Crippen LogP contribution in [0.2, 0.25) is 0 Å². The molecule has 104 valence electrons. The van der Waals surface area contributed by atoms with E-state index in [1.54, 1.807) is 0 Å². The molecule has 5 nitrogen and oxygen atoms in total. The number of benzene rings is 1. The summed E-state index contributed by atoms with van der Waals surface area (Å²) in [7, 11) is -3.90. The van der Waals surface area contributed by atoms with E-state index in [0.29, 0.717) is 13.1 Å². The normalized spacial score (nSPS) is 17.3. The summed E-state index contributed by atoms with van der Waals surface area (Å²) in [5.41, 5.74) is 5.07. The van der Waals surface area contributed by atoms with Crippen LogP contribution in [0.15, 0.2) is 23.1 Å². The number of hydrogen-bond donors (Lipinski definition) is 1. The van der Waals surface area contributed by atoms with Gasteiger partial charge in [-0.15, -0.1) is 0 Å². The molecular weight excluding hydrogens is 271 g/mol. The van der Waals surface area contributed by atoms with Crippen LogP contribution in [0.4, 0.5) is 4.39 Å². The fourth-order valence-electron chi connectivity index (χ4n) is 2.10. The average molecular weight is 286 g/mol. The SMILES string of the molecule is NC(=O)c1ccc(F)c(S(=O)(=O)N2CCCCC2)c1. The largest absolute Gasteiger partial charge is 0.366 e. The third-order valence-corrected chi connectivity index (χ3v) is 5.06. The number of hydrogen-bond acceptors (Lipinski definition) is 3. The van der Waals surface area contributed by atoms with Gasteiger partial charge in [-0.25, -0.2) is 12.8 Å². The Morgan fingerprint density at radius 1 is 1.21 bits per heavy atom. The lowest BCUT2D eigenvalue weighted by Gasteiger charge is -2.26. The Bertz CT molecular complexity index is 595. The topological polar surface area (TPSA) is 80.5 Å². The van der Waals surface area contributed by atoms with Crippen LogP contribution in [0.3, 0.4) is 0 Å². The van der Waals surface area contributed by atoms with Crippen molar-refractivity contribution in [3.05, 3.63) is 29.6 Å². The van der Waals surface area contributed by atoms with Crippen molar-refractivity contribution >= 4 is 15.9 Å². The lowest BCUT2D eigenvalue weighted by atomic mass is 10.2. The minimum atomic E-state index is -3.90. The highest BCUT2D eigenvalue weighted by molar-refractivity contribution is 7.89. The van der Waals surface area contributed by atoms with Gasteiger partial charge in [0.15, 0.2) is 0 Å². The number of rotatable bonds is 3. The van der Waals surface area contributed by atoms with E-state index in [2.05, 4.69) is 0 Å². The summed E-state index contributed by atoms with van der Waals surface area (Å²) in [4.78, 5) is 10.6. The summed E-state index contributed by atoms with van der Waals surface area (Å²) < 4.78 is 39.6. The number of nitrogens with two attached hydrogens (primary N) is 1. The maximum atomic E-state index is 13.7. The molecule has 0 aliphatic carbocycles. The second-order valence-electron chi connectivity index (χ2n) is 4.47. The molecule has 1 fully saturated rings. The second kappa shape index (κ2) is 5.26. The number of nitrogens with zero attached hydrogens (tertiary/aromatic N) is 1. The standard InChI is InChI=1S/C12H15FN2O3S/c13-10-5-4-9(12(14)16)8-11(10)19(17,18)15-6-2-1-3-7-15/h4-5,8H,1-3,6-7H2,(H2,14,16).